The third-order valence-corrected chi connectivity index (χ3v) is 6.55. The van der Waals surface area contributed by atoms with Crippen molar-refractivity contribution in [3.05, 3.63) is 69.9 Å². The van der Waals surface area contributed by atoms with E-state index in [4.69, 9.17) is 4.74 Å². The summed E-state index contributed by atoms with van der Waals surface area (Å²) in [5.74, 6) is -3.49. The number of Topliss-reactive ketones (excluding diaryl/α,β-unsaturated/α-hetero) is 1. The van der Waals surface area contributed by atoms with E-state index in [-0.39, 0.29) is 13.1 Å². The zero-order valence-electron chi connectivity index (χ0n) is 17.5. The number of carbonyl (C=O) groups excluding carboxylic acids is 3. The Kier molecular flexibility index (Phi) is 5.28. The highest BCUT2D eigenvalue weighted by atomic mass is 79.9. The minimum atomic E-state index is -1.20. The molecule has 1 amide bonds. The van der Waals surface area contributed by atoms with E-state index in [0.29, 0.717) is 10.0 Å². The number of rotatable bonds is 4. The molecule has 1 aliphatic carbocycles. The Bertz CT molecular complexity index is 1060. The molecule has 2 fully saturated rings. The van der Waals surface area contributed by atoms with Gasteiger partial charge in [-0.15, -0.1) is 0 Å². The zero-order valence-corrected chi connectivity index (χ0v) is 19.1. The maximum absolute atomic E-state index is 13.7. The van der Waals surface area contributed by atoms with Crippen LogP contribution in [-0.4, -0.2) is 34.7 Å². The molecule has 1 saturated heterocycles. The van der Waals surface area contributed by atoms with Crippen molar-refractivity contribution in [2.45, 2.75) is 38.8 Å². The van der Waals surface area contributed by atoms with Crippen LogP contribution >= 0.6 is 15.9 Å². The SMILES string of the molecule is CC(C)(C)OC(=O)[C@@H]1[C@@H](c2ccc(F)cc2Br)[C@]12CN(Cc1ccccc1)C(=O)C2=O. The number of esters is 1. The second-order valence-electron chi connectivity index (χ2n) is 9.17. The second kappa shape index (κ2) is 7.55. The first-order valence-electron chi connectivity index (χ1n) is 10.1. The van der Waals surface area contributed by atoms with Crippen molar-refractivity contribution in [1.29, 1.82) is 0 Å². The number of ether oxygens (including phenoxy) is 1. The summed E-state index contributed by atoms with van der Waals surface area (Å²) in [7, 11) is 0. The van der Waals surface area contributed by atoms with Crippen LogP contribution in [0.2, 0.25) is 0 Å². The monoisotopic (exact) mass is 487 g/mol. The molecule has 5 nitrogen and oxygen atoms in total. The van der Waals surface area contributed by atoms with Gasteiger partial charge in [0.25, 0.3) is 5.91 Å². The van der Waals surface area contributed by atoms with E-state index in [1.165, 1.54) is 17.0 Å². The van der Waals surface area contributed by atoms with Gasteiger partial charge in [-0.2, -0.15) is 0 Å². The average molecular weight is 488 g/mol. The van der Waals surface area contributed by atoms with E-state index < -0.39 is 46.3 Å². The number of hydrogen-bond acceptors (Lipinski definition) is 4. The minimum absolute atomic E-state index is 0.123. The first-order valence-corrected chi connectivity index (χ1v) is 10.9. The van der Waals surface area contributed by atoms with E-state index in [9.17, 15) is 18.8 Å². The Morgan fingerprint density at radius 3 is 2.48 bits per heavy atom. The minimum Gasteiger partial charge on any atom is -0.460 e. The van der Waals surface area contributed by atoms with Gasteiger partial charge in [0.1, 0.15) is 11.4 Å². The molecule has 31 heavy (non-hydrogen) atoms. The second-order valence-corrected chi connectivity index (χ2v) is 10.0. The van der Waals surface area contributed by atoms with Crippen molar-refractivity contribution in [2.24, 2.45) is 11.3 Å². The van der Waals surface area contributed by atoms with Crippen LogP contribution in [0.25, 0.3) is 0 Å². The molecule has 0 N–H and O–H groups in total. The van der Waals surface area contributed by atoms with Gasteiger partial charge >= 0.3 is 5.97 Å². The molecule has 1 spiro atoms. The van der Waals surface area contributed by atoms with E-state index in [0.717, 1.165) is 5.56 Å². The summed E-state index contributed by atoms with van der Waals surface area (Å²) >= 11 is 3.36. The highest BCUT2D eigenvalue weighted by molar-refractivity contribution is 9.10. The number of hydrogen-bond donors (Lipinski definition) is 0. The molecule has 7 heteroatoms. The molecular weight excluding hydrogens is 465 g/mol. The summed E-state index contributed by atoms with van der Waals surface area (Å²) in [4.78, 5) is 40.7. The van der Waals surface area contributed by atoms with E-state index >= 15 is 0 Å². The Hall–Kier alpha value is -2.54. The number of amides is 1. The number of nitrogens with zero attached hydrogens (tertiary/aromatic N) is 1. The Labute approximate surface area is 188 Å². The van der Waals surface area contributed by atoms with Gasteiger partial charge in [0.2, 0.25) is 5.78 Å². The summed E-state index contributed by atoms with van der Waals surface area (Å²) in [6.45, 7) is 5.67. The van der Waals surface area contributed by atoms with Gasteiger partial charge in [-0.1, -0.05) is 52.3 Å². The van der Waals surface area contributed by atoms with E-state index in [1.807, 2.05) is 30.3 Å². The number of benzene rings is 2. The van der Waals surface area contributed by atoms with Crippen molar-refractivity contribution in [1.82, 2.24) is 4.90 Å². The Balaban J connectivity index is 1.71. The summed E-state index contributed by atoms with van der Waals surface area (Å²) in [5, 5.41) is 0. The van der Waals surface area contributed by atoms with Crippen LogP contribution in [0.15, 0.2) is 53.0 Å². The third-order valence-electron chi connectivity index (χ3n) is 5.87. The maximum atomic E-state index is 13.7. The largest absolute Gasteiger partial charge is 0.460 e. The van der Waals surface area contributed by atoms with Crippen LogP contribution in [0, 0.1) is 17.2 Å². The van der Waals surface area contributed by atoms with E-state index in [1.54, 1.807) is 26.8 Å². The number of halogens is 2. The van der Waals surface area contributed by atoms with Crippen LogP contribution < -0.4 is 0 Å². The lowest BCUT2D eigenvalue weighted by Gasteiger charge is -2.20. The lowest BCUT2D eigenvalue weighted by atomic mass is 9.96. The van der Waals surface area contributed by atoms with Crippen LogP contribution in [-0.2, 0) is 25.7 Å². The fraction of sp³-hybridized carbons (Fsp3) is 0.375. The highest BCUT2D eigenvalue weighted by Gasteiger charge is 2.78. The molecule has 4 rings (SSSR count). The van der Waals surface area contributed by atoms with Gasteiger partial charge in [0.15, 0.2) is 0 Å². The normalized spacial score (nSPS) is 25.3. The van der Waals surface area contributed by atoms with Gasteiger partial charge in [-0.3, -0.25) is 14.4 Å². The molecule has 1 saturated carbocycles. The first-order chi connectivity index (χ1) is 14.5. The Morgan fingerprint density at radius 2 is 1.87 bits per heavy atom. The maximum Gasteiger partial charge on any atom is 0.311 e. The summed E-state index contributed by atoms with van der Waals surface area (Å²) < 4.78 is 19.7. The van der Waals surface area contributed by atoms with Crippen molar-refractivity contribution in [2.75, 3.05) is 6.54 Å². The fourth-order valence-electron chi connectivity index (χ4n) is 4.57. The molecule has 0 aromatic heterocycles. The van der Waals surface area contributed by atoms with Crippen molar-refractivity contribution >= 4 is 33.6 Å². The smallest absolute Gasteiger partial charge is 0.311 e. The van der Waals surface area contributed by atoms with Gasteiger partial charge in [-0.05, 0) is 44.0 Å². The van der Waals surface area contributed by atoms with Crippen molar-refractivity contribution in [3.8, 4) is 0 Å². The molecule has 3 atom stereocenters. The lowest BCUT2D eigenvalue weighted by Crippen LogP contribution is -2.28. The highest BCUT2D eigenvalue weighted by Crippen LogP contribution is 2.69. The fourth-order valence-corrected chi connectivity index (χ4v) is 5.17. The van der Waals surface area contributed by atoms with Crippen LogP contribution in [0.3, 0.4) is 0 Å². The number of ketones is 1. The lowest BCUT2D eigenvalue weighted by molar-refractivity contribution is -0.158. The van der Waals surface area contributed by atoms with Gasteiger partial charge < -0.3 is 9.64 Å². The zero-order chi connectivity index (χ0) is 22.6. The molecule has 2 aliphatic rings. The summed E-state index contributed by atoms with van der Waals surface area (Å²) in [6, 6.07) is 13.5. The van der Waals surface area contributed by atoms with Crippen LogP contribution in [0.1, 0.15) is 37.8 Å². The van der Waals surface area contributed by atoms with Gasteiger partial charge in [0.05, 0.1) is 11.3 Å². The molecule has 1 aliphatic heterocycles. The summed E-state index contributed by atoms with van der Waals surface area (Å²) in [5.41, 5.74) is -0.412. The third kappa shape index (κ3) is 3.80. The topological polar surface area (TPSA) is 63.7 Å². The standard InChI is InChI=1S/C24H23BrFNO4/c1-23(2,3)31-22(30)19-18(16-10-9-15(26)11-17(16)25)24(19)13-27(21(29)20(24)28)12-14-7-5-4-6-8-14/h4-11,18-19H,12-13H2,1-3H3/t18-,19+,24-/m1/s1. The van der Waals surface area contributed by atoms with Crippen molar-refractivity contribution in [3.63, 3.8) is 0 Å². The molecule has 0 unspecified atom stereocenters. The molecule has 1 heterocycles. The van der Waals surface area contributed by atoms with Crippen LogP contribution in [0.4, 0.5) is 4.39 Å². The number of likely N-dealkylation sites (tertiary alicyclic amines) is 1. The molecule has 2 aromatic carbocycles. The van der Waals surface area contributed by atoms with Gasteiger partial charge in [-0.25, -0.2) is 4.39 Å². The predicted octanol–water partition coefficient (Wildman–Crippen LogP) is 4.24. The molecule has 162 valence electrons. The Morgan fingerprint density at radius 1 is 1.19 bits per heavy atom. The van der Waals surface area contributed by atoms with Crippen LogP contribution in [0.5, 0.6) is 0 Å². The summed E-state index contributed by atoms with van der Waals surface area (Å²) in [6.07, 6.45) is 0. The average Bonchev–Trinajstić information content (AvgIpc) is 3.28. The molecule has 0 bridgehead atoms. The molecule has 0 radical (unpaired) electrons. The molecule has 2 aromatic rings. The molecular formula is C24H23BrFNO4. The van der Waals surface area contributed by atoms with Crippen molar-refractivity contribution < 1.29 is 23.5 Å². The van der Waals surface area contributed by atoms with E-state index in [2.05, 4.69) is 15.9 Å². The first kappa shape index (κ1) is 21.7. The quantitative estimate of drug-likeness (QED) is 0.477. The number of carbonyl (C=O) groups is 3. The van der Waals surface area contributed by atoms with Gasteiger partial charge in [0, 0.05) is 23.5 Å². The predicted molar refractivity (Wildman–Crippen MR) is 115 cm³/mol.